The molecule has 0 amide bonds. The van der Waals surface area contributed by atoms with Crippen LogP contribution in [-0.4, -0.2) is 9.58 Å². The van der Waals surface area contributed by atoms with E-state index in [0.717, 1.165) is 5.69 Å². The van der Waals surface area contributed by atoms with Crippen molar-refractivity contribution in [1.29, 1.82) is 0 Å². The molecule has 3 nitrogen and oxygen atoms in total. The normalized spacial score (nSPS) is 10.4. The largest absolute Gasteiger partial charge is 0.290 e. The molecule has 0 fully saturated rings. The van der Waals surface area contributed by atoms with Gasteiger partial charge in [-0.1, -0.05) is 13.8 Å². The molecule has 0 spiro atoms. The molecule has 0 bridgehead atoms. The Morgan fingerprint density at radius 3 is 2.70 bits per heavy atom. The summed E-state index contributed by atoms with van der Waals surface area (Å²) in [6.45, 7) is 4.13. The number of anilines is 1. The van der Waals surface area contributed by atoms with Crippen LogP contribution in [0.5, 0.6) is 0 Å². The molecule has 0 saturated carbocycles. The Labute approximate surface area is 63.8 Å². The minimum absolute atomic E-state index is 0.429. The van der Waals surface area contributed by atoms with Crippen molar-refractivity contribution in [2.75, 3.05) is 5.48 Å². The quantitative estimate of drug-likeness (QED) is 0.647. The summed E-state index contributed by atoms with van der Waals surface area (Å²) in [6, 6.07) is 1.84. The molecule has 2 N–H and O–H groups in total. The molecule has 1 aromatic rings. The van der Waals surface area contributed by atoms with Crippen LogP contribution >= 0.6 is 11.5 Å². The molecule has 0 saturated heterocycles. The van der Waals surface area contributed by atoms with Crippen molar-refractivity contribution in [2.24, 2.45) is 0 Å². The average molecular weight is 158 g/mol. The maximum absolute atomic E-state index is 8.45. The molecule has 0 aliphatic carbocycles. The summed E-state index contributed by atoms with van der Waals surface area (Å²) in [4.78, 5) is 0. The highest BCUT2D eigenvalue weighted by atomic mass is 32.1. The van der Waals surface area contributed by atoms with Crippen LogP contribution in [0, 0.1) is 0 Å². The van der Waals surface area contributed by atoms with Crippen molar-refractivity contribution in [3.63, 3.8) is 0 Å². The van der Waals surface area contributed by atoms with Crippen molar-refractivity contribution >= 4 is 16.5 Å². The zero-order valence-electron chi connectivity index (χ0n) is 5.96. The van der Waals surface area contributed by atoms with Crippen LogP contribution in [0.4, 0.5) is 5.00 Å². The molecule has 1 rings (SSSR count). The van der Waals surface area contributed by atoms with Crippen molar-refractivity contribution in [1.82, 2.24) is 4.37 Å². The molecule has 0 radical (unpaired) electrons. The lowest BCUT2D eigenvalue weighted by Gasteiger charge is -1.94. The molecule has 1 heterocycles. The number of hydrogen-bond acceptors (Lipinski definition) is 4. The molecule has 0 unspecified atom stereocenters. The van der Waals surface area contributed by atoms with Crippen LogP contribution in [0.3, 0.4) is 0 Å². The van der Waals surface area contributed by atoms with Gasteiger partial charge in [-0.25, -0.2) is 0 Å². The average Bonchev–Trinajstić information content (AvgIpc) is 2.34. The summed E-state index contributed by atoms with van der Waals surface area (Å²) >= 11 is 1.27. The first kappa shape index (κ1) is 7.50. The fourth-order valence-electron chi connectivity index (χ4n) is 0.614. The monoisotopic (exact) mass is 158 g/mol. The Bertz CT molecular complexity index is 209. The van der Waals surface area contributed by atoms with E-state index < -0.39 is 0 Å². The van der Waals surface area contributed by atoms with Crippen molar-refractivity contribution in [3.05, 3.63) is 11.8 Å². The van der Waals surface area contributed by atoms with Gasteiger partial charge in [0.1, 0.15) is 5.00 Å². The highest BCUT2D eigenvalue weighted by Crippen LogP contribution is 2.20. The number of nitrogens with zero attached hydrogens (tertiary/aromatic N) is 1. The van der Waals surface area contributed by atoms with Gasteiger partial charge in [-0.2, -0.15) is 4.37 Å². The van der Waals surface area contributed by atoms with E-state index in [1.807, 2.05) is 6.07 Å². The van der Waals surface area contributed by atoms with Gasteiger partial charge in [-0.15, -0.1) is 0 Å². The predicted molar refractivity (Wildman–Crippen MR) is 41.6 cm³/mol. The molecule has 56 valence electrons. The summed E-state index contributed by atoms with van der Waals surface area (Å²) in [5.41, 5.74) is 3.07. The molecule has 10 heavy (non-hydrogen) atoms. The van der Waals surface area contributed by atoms with Gasteiger partial charge in [0.25, 0.3) is 0 Å². The summed E-state index contributed by atoms with van der Waals surface area (Å²) in [5, 5.41) is 9.15. The summed E-state index contributed by atoms with van der Waals surface area (Å²) < 4.78 is 4.11. The first-order valence-corrected chi connectivity index (χ1v) is 3.88. The first-order chi connectivity index (χ1) is 4.74. The summed E-state index contributed by atoms with van der Waals surface area (Å²) in [5.74, 6) is 0.429. The minimum Gasteiger partial charge on any atom is -0.290 e. The number of nitrogens with one attached hydrogen (secondary N) is 1. The molecule has 1 aromatic heterocycles. The Morgan fingerprint density at radius 2 is 2.40 bits per heavy atom. The lowest BCUT2D eigenvalue weighted by atomic mass is 10.1. The highest BCUT2D eigenvalue weighted by Gasteiger charge is 2.03. The van der Waals surface area contributed by atoms with Gasteiger partial charge in [-0.3, -0.25) is 10.7 Å². The maximum Gasteiger partial charge on any atom is 0.133 e. The van der Waals surface area contributed by atoms with Gasteiger partial charge >= 0.3 is 0 Å². The van der Waals surface area contributed by atoms with Gasteiger partial charge in [-0.05, 0) is 23.5 Å². The van der Waals surface area contributed by atoms with Gasteiger partial charge < -0.3 is 0 Å². The van der Waals surface area contributed by atoms with E-state index in [-0.39, 0.29) is 0 Å². The van der Waals surface area contributed by atoms with Crippen LogP contribution in [-0.2, 0) is 0 Å². The second-order valence-electron chi connectivity index (χ2n) is 2.38. The molecule has 0 aromatic carbocycles. The maximum atomic E-state index is 8.45. The van der Waals surface area contributed by atoms with E-state index in [9.17, 15) is 0 Å². The Morgan fingerprint density at radius 1 is 1.70 bits per heavy atom. The Kier molecular flexibility index (Phi) is 2.24. The Hall–Kier alpha value is -0.610. The van der Waals surface area contributed by atoms with Gasteiger partial charge in [0.15, 0.2) is 0 Å². The molecular weight excluding hydrogens is 148 g/mol. The third-order valence-electron chi connectivity index (χ3n) is 1.23. The van der Waals surface area contributed by atoms with Crippen molar-refractivity contribution < 1.29 is 5.21 Å². The predicted octanol–water partition coefficient (Wildman–Crippen LogP) is 2.07. The van der Waals surface area contributed by atoms with Crippen LogP contribution in [0.1, 0.15) is 25.5 Å². The second kappa shape index (κ2) is 2.98. The fraction of sp³-hybridized carbons (Fsp3) is 0.500. The van der Waals surface area contributed by atoms with E-state index in [1.54, 1.807) is 0 Å². The molecule has 4 heteroatoms. The third-order valence-corrected chi connectivity index (χ3v) is 1.94. The number of aromatic nitrogens is 1. The third kappa shape index (κ3) is 1.46. The summed E-state index contributed by atoms with van der Waals surface area (Å²) in [6.07, 6.45) is 0. The zero-order valence-corrected chi connectivity index (χ0v) is 6.77. The van der Waals surface area contributed by atoms with Gasteiger partial charge in [0.05, 0.1) is 5.69 Å². The van der Waals surface area contributed by atoms with Gasteiger partial charge in [0, 0.05) is 0 Å². The fourth-order valence-corrected chi connectivity index (χ4v) is 1.30. The zero-order chi connectivity index (χ0) is 7.56. The van der Waals surface area contributed by atoms with Crippen LogP contribution in [0.15, 0.2) is 6.07 Å². The number of hydrogen-bond donors (Lipinski definition) is 2. The lowest BCUT2D eigenvalue weighted by molar-refractivity contribution is 0.391. The summed E-state index contributed by atoms with van der Waals surface area (Å²) in [7, 11) is 0. The van der Waals surface area contributed by atoms with Crippen LogP contribution in [0.25, 0.3) is 0 Å². The van der Waals surface area contributed by atoms with E-state index in [2.05, 4.69) is 23.7 Å². The second-order valence-corrected chi connectivity index (χ2v) is 3.19. The smallest absolute Gasteiger partial charge is 0.133 e. The van der Waals surface area contributed by atoms with E-state index in [1.165, 1.54) is 11.5 Å². The van der Waals surface area contributed by atoms with Gasteiger partial charge in [0.2, 0.25) is 0 Å². The highest BCUT2D eigenvalue weighted by molar-refractivity contribution is 7.10. The molecular formula is C6H10N2OS. The first-order valence-electron chi connectivity index (χ1n) is 3.10. The van der Waals surface area contributed by atoms with E-state index in [4.69, 9.17) is 5.21 Å². The SMILES string of the molecule is CC(C)c1cc(NO)sn1. The van der Waals surface area contributed by atoms with E-state index in [0.29, 0.717) is 10.9 Å². The Balaban J connectivity index is 2.78. The number of rotatable bonds is 2. The standard InChI is InChI=1S/C6H10N2OS/c1-4(2)5-3-6(7-9)10-8-5/h3-4,7,9H,1-2H3. The van der Waals surface area contributed by atoms with Crippen LogP contribution < -0.4 is 5.48 Å². The lowest BCUT2D eigenvalue weighted by Crippen LogP contribution is -1.85. The topological polar surface area (TPSA) is 45.1 Å². The van der Waals surface area contributed by atoms with Crippen LogP contribution in [0.2, 0.25) is 0 Å². The van der Waals surface area contributed by atoms with Crippen molar-refractivity contribution in [3.8, 4) is 0 Å². The van der Waals surface area contributed by atoms with Crippen molar-refractivity contribution in [2.45, 2.75) is 19.8 Å². The molecule has 0 atom stereocenters. The van der Waals surface area contributed by atoms with E-state index >= 15 is 0 Å². The minimum atomic E-state index is 0.429. The molecule has 0 aliphatic rings. The molecule has 0 aliphatic heterocycles.